The number of aliphatic carboxylic acids is 1. The summed E-state index contributed by atoms with van der Waals surface area (Å²) < 4.78 is 43.3. The number of ether oxygens (including phenoxy) is 4. The number of nitrogens with one attached hydrogen (secondary N) is 1. The smallest absolute Gasteiger partial charge is 0.322 e. The molecule has 0 aliphatic carbocycles. The highest BCUT2D eigenvalue weighted by Gasteiger charge is 2.22. The van der Waals surface area contributed by atoms with Crippen LogP contribution in [0, 0.1) is 0 Å². The predicted octanol–water partition coefficient (Wildman–Crippen LogP) is 3.04. The molecule has 0 amide bonds. The lowest BCUT2D eigenvalue weighted by molar-refractivity contribution is -0.134. The van der Waals surface area contributed by atoms with Crippen LogP contribution in [0.15, 0.2) is 36.4 Å². The van der Waals surface area contributed by atoms with Gasteiger partial charge in [0, 0.05) is 5.56 Å². The zero-order valence-electron chi connectivity index (χ0n) is 17.6. The highest BCUT2D eigenvalue weighted by atomic mass is 32.2. The zero-order valence-corrected chi connectivity index (χ0v) is 18.4. The number of carbonyl (C=O) groups is 1. The monoisotopic (exact) mass is 451 g/mol. The SMILES string of the molecule is COC(=C(OC)c1ccccc1OC)c1cc(OC)c(NCC(=O)O)cc1CS(=O)O. The predicted molar refractivity (Wildman–Crippen MR) is 117 cm³/mol. The lowest BCUT2D eigenvalue weighted by Gasteiger charge is -2.20. The molecule has 0 fully saturated rings. The Labute approximate surface area is 182 Å². The first-order valence-electron chi connectivity index (χ1n) is 9.06. The topological polar surface area (TPSA) is 124 Å². The van der Waals surface area contributed by atoms with E-state index in [4.69, 9.17) is 24.1 Å². The summed E-state index contributed by atoms with van der Waals surface area (Å²) in [6, 6.07) is 10.3. The number of anilines is 1. The number of carboxylic acids is 1. The largest absolute Gasteiger partial charge is 0.496 e. The van der Waals surface area contributed by atoms with Crippen molar-refractivity contribution in [2.24, 2.45) is 0 Å². The van der Waals surface area contributed by atoms with E-state index < -0.39 is 17.0 Å². The maximum absolute atomic E-state index is 11.6. The molecule has 0 aliphatic heterocycles. The Bertz CT molecular complexity index is 989. The Morgan fingerprint density at radius 1 is 0.968 bits per heavy atom. The molecule has 0 bridgehead atoms. The van der Waals surface area contributed by atoms with Crippen molar-refractivity contribution < 1.29 is 37.6 Å². The van der Waals surface area contributed by atoms with Gasteiger partial charge in [-0.2, -0.15) is 0 Å². The maximum atomic E-state index is 11.6. The highest BCUT2D eigenvalue weighted by molar-refractivity contribution is 7.78. The molecule has 31 heavy (non-hydrogen) atoms. The second kappa shape index (κ2) is 11.2. The second-order valence-electron chi connectivity index (χ2n) is 6.19. The molecule has 0 aliphatic rings. The van der Waals surface area contributed by atoms with Crippen LogP contribution in [0.1, 0.15) is 16.7 Å². The van der Waals surface area contributed by atoms with E-state index in [2.05, 4.69) is 5.32 Å². The number of para-hydroxylation sites is 1. The Balaban J connectivity index is 2.77. The van der Waals surface area contributed by atoms with Crippen LogP contribution in [0.2, 0.25) is 0 Å². The molecule has 0 heterocycles. The van der Waals surface area contributed by atoms with Crippen molar-refractivity contribution in [1.29, 1.82) is 0 Å². The van der Waals surface area contributed by atoms with Gasteiger partial charge >= 0.3 is 5.97 Å². The zero-order chi connectivity index (χ0) is 23.0. The molecule has 168 valence electrons. The minimum absolute atomic E-state index is 0.225. The summed E-state index contributed by atoms with van der Waals surface area (Å²) in [6.45, 7) is -0.352. The molecule has 0 saturated carbocycles. The van der Waals surface area contributed by atoms with Crippen LogP contribution in [-0.4, -0.2) is 54.8 Å². The Morgan fingerprint density at radius 3 is 2.13 bits per heavy atom. The van der Waals surface area contributed by atoms with Gasteiger partial charge in [-0.3, -0.25) is 4.79 Å². The summed E-state index contributed by atoms with van der Waals surface area (Å²) in [7, 11) is 5.89. The molecule has 0 aromatic heterocycles. The van der Waals surface area contributed by atoms with Gasteiger partial charge in [0.15, 0.2) is 22.6 Å². The van der Waals surface area contributed by atoms with Crippen molar-refractivity contribution in [1.82, 2.24) is 0 Å². The first kappa shape index (κ1) is 24.0. The molecule has 2 aromatic carbocycles. The van der Waals surface area contributed by atoms with E-state index in [1.165, 1.54) is 28.4 Å². The van der Waals surface area contributed by atoms with Gasteiger partial charge in [-0.05, 0) is 29.8 Å². The molecule has 10 heteroatoms. The van der Waals surface area contributed by atoms with Crippen molar-refractivity contribution >= 4 is 34.3 Å². The molecule has 0 radical (unpaired) electrons. The minimum Gasteiger partial charge on any atom is -0.496 e. The van der Waals surface area contributed by atoms with E-state index in [9.17, 15) is 13.6 Å². The van der Waals surface area contributed by atoms with Crippen LogP contribution >= 0.6 is 0 Å². The summed E-state index contributed by atoms with van der Waals surface area (Å²) in [5, 5.41) is 11.7. The van der Waals surface area contributed by atoms with E-state index in [1.54, 1.807) is 24.3 Å². The molecule has 3 N–H and O–H groups in total. The van der Waals surface area contributed by atoms with Gasteiger partial charge in [0.1, 0.15) is 18.0 Å². The third-order valence-corrected chi connectivity index (χ3v) is 4.90. The summed E-state index contributed by atoms with van der Waals surface area (Å²) in [6.07, 6.45) is 0. The van der Waals surface area contributed by atoms with E-state index in [0.717, 1.165) is 0 Å². The fourth-order valence-electron chi connectivity index (χ4n) is 3.05. The molecule has 0 spiro atoms. The molecule has 1 atom stereocenters. The van der Waals surface area contributed by atoms with Gasteiger partial charge in [0.05, 0.1) is 45.4 Å². The van der Waals surface area contributed by atoms with Crippen LogP contribution in [0.4, 0.5) is 5.69 Å². The molecule has 0 saturated heterocycles. The number of rotatable bonds is 11. The summed E-state index contributed by atoms with van der Waals surface area (Å²) in [4.78, 5) is 11.0. The van der Waals surface area contributed by atoms with Gasteiger partial charge in [-0.25, -0.2) is 4.21 Å². The standard InChI is InChI=1S/C21H25NO8S/c1-27-17-8-6-5-7-14(17)20(29-3)21(30-4)15-10-18(28-2)16(22-11-19(23)24)9-13(15)12-31(25)26/h5-10,22H,11-12H2,1-4H3,(H,23,24)(H,25,26). The molecule has 2 aromatic rings. The van der Waals surface area contributed by atoms with Crippen LogP contribution in [0.25, 0.3) is 11.5 Å². The van der Waals surface area contributed by atoms with Gasteiger partial charge in [0.25, 0.3) is 0 Å². The fraction of sp³-hybridized carbons (Fsp3) is 0.286. The fourth-order valence-corrected chi connectivity index (χ4v) is 3.55. The summed E-state index contributed by atoms with van der Waals surface area (Å²) >= 11 is -2.17. The van der Waals surface area contributed by atoms with Crippen LogP contribution in [-0.2, 0) is 31.1 Å². The quantitative estimate of drug-likeness (QED) is 0.269. The lowest BCUT2D eigenvalue weighted by Crippen LogP contribution is -2.14. The third kappa shape index (κ3) is 5.89. The molecule has 9 nitrogen and oxygen atoms in total. The van der Waals surface area contributed by atoms with E-state index >= 15 is 0 Å². The minimum atomic E-state index is -2.17. The van der Waals surface area contributed by atoms with Crippen LogP contribution in [0.3, 0.4) is 0 Å². The Kier molecular flexibility index (Phi) is 8.71. The van der Waals surface area contributed by atoms with Crippen molar-refractivity contribution in [3.8, 4) is 11.5 Å². The molecule has 2 rings (SSSR count). The first-order chi connectivity index (χ1) is 14.9. The number of carboxylic acid groups (broad SMARTS) is 1. The number of benzene rings is 2. The number of hydrogen-bond acceptors (Lipinski definition) is 7. The Morgan fingerprint density at radius 2 is 1.58 bits per heavy atom. The van der Waals surface area contributed by atoms with Crippen molar-refractivity contribution in [3.63, 3.8) is 0 Å². The normalized spacial score (nSPS) is 12.4. The van der Waals surface area contributed by atoms with Crippen molar-refractivity contribution in [3.05, 3.63) is 53.1 Å². The molecule has 1 unspecified atom stereocenters. The molecular formula is C21H25NO8S. The number of methoxy groups -OCH3 is 4. The number of hydrogen-bond donors (Lipinski definition) is 3. The van der Waals surface area contributed by atoms with Crippen molar-refractivity contribution in [2.75, 3.05) is 40.3 Å². The third-order valence-electron chi connectivity index (χ3n) is 4.35. The second-order valence-corrected chi connectivity index (χ2v) is 7.12. The van der Waals surface area contributed by atoms with Gasteiger partial charge in [-0.15, -0.1) is 0 Å². The summed E-state index contributed by atoms with van der Waals surface area (Å²) in [5.41, 5.74) is 1.86. The van der Waals surface area contributed by atoms with Crippen molar-refractivity contribution in [2.45, 2.75) is 5.75 Å². The highest BCUT2D eigenvalue weighted by Crippen LogP contribution is 2.38. The van der Waals surface area contributed by atoms with E-state index in [1.807, 2.05) is 12.1 Å². The van der Waals surface area contributed by atoms with Crippen LogP contribution in [0.5, 0.6) is 11.5 Å². The average Bonchev–Trinajstić information content (AvgIpc) is 2.75. The van der Waals surface area contributed by atoms with E-state index in [0.29, 0.717) is 39.6 Å². The Hall–Kier alpha value is -3.24. The molecular weight excluding hydrogens is 426 g/mol. The lowest BCUT2D eigenvalue weighted by atomic mass is 10.0. The van der Waals surface area contributed by atoms with Crippen LogP contribution < -0.4 is 14.8 Å². The van der Waals surface area contributed by atoms with E-state index in [-0.39, 0.29) is 18.1 Å². The average molecular weight is 451 g/mol. The maximum Gasteiger partial charge on any atom is 0.322 e. The van der Waals surface area contributed by atoms with Gasteiger partial charge < -0.3 is 33.9 Å². The summed E-state index contributed by atoms with van der Waals surface area (Å²) in [5.74, 6) is 0.223. The van der Waals surface area contributed by atoms with Gasteiger partial charge in [-0.1, -0.05) is 12.1 Å². The van der Waals surface area contributed by atoms with Gasteiger partial charge in [0.2, 0.25) is 0 Å². The first-order valence-corrected chi connectivity index (χ1v) is 10.3.